The van der Waals surface area contributed by atoms with E-state index in [2.05, 4.69) is 179 Å². The number of hydrogen-bond donors (Lipinski definition) is 4. The fraction of sp³-hybridized carbons (Fsp3) is 0.667. The van der Waals surface area contributed by atoms with Crippen LogP contribution in [0, 0.1) is 0 Å². The molecule has 0 aromatic rings. The van der Waals surface area contributed by atoms with Crippen LogP contribution in [0.2, 0.25) is 0 Å². The smallest absolute Gasteiger partial charge is 0.463 e. The van der Waals surface area contributed by atoms with Gasteiger partial charge < -0.3 is 34.2 Å². The highest BCUT2D eigenvalue weighted by atomic mass is 31.2. The minimum atomic E-state index is -4.95. The van der Waals surface area contributed by atoms with Gasteiger partial charge in [0, 0.05) is 19.3 Å². The summed E-state index contributed by atoms with van der Waals surface area (Å²) in [6.45, 7) is 2.40. The average molecular weight is 1510 g/mol. The van der Waals surface area contributed by atoms with Crippen LogP contribution in [0.1, 0.15) is 316 Å². The molecule has 0 saturated heterocycles. The van der Waals surface area contributed by atoms with Crippen molar-refractivity contribution in [2.24, 2.45) is 0 Å². The van der Waals surface area contributed by atoms with E-state index < -0.39 is 91.5 Å². The summed E-state index contributed by atoms with van der Waals surface area (Å²) in [7, 11) is -9.81. The topological polar surface area (TPSA) is 231 Å². The third-order valence-corrected chi connectivity index (χ3v) is 18.6. The van der Waals surface area contributed by atoms with Crippen molar-refractivity contribution in [3.8, 4) is 0 Å². The highest BCUT2D eigenvalue weighted by Crippen LogP contribution is 2.45. The number of unbranched alkanes of at least 4 members (excludes halogenated alkanes) is 27. The number of phosphoric acid groups is 2. The van der Waals surface area contributed by atoms with Crippen LogP contribution < -0.4 is 0 Å². The van der Waals surface area contributed by atoms with Gasteiger partial charge in [0.1, 0.15) is 25.4 Å². The molecule has 16 nitrogen and oxygen atoms in total. The average Bonchev–Trinajstić information content (AvgIpc) is 0.919. The minimum absolute atomic E-state index is 0.0845. The van der Waals surface area contributed by atoms with Crippen LogP contribution in [0.3, 0.4) is 0 Å². The monoisotopic (exact) mass is 1510 g/mol. The molecule has 105 heavy (non-hydrogen) atoms. The van der Waals surface area contributed by atoms with E-state index in [1.165, 1.54) is 70.6 Å². The standard InChI is InChI=1S/C87H146O16P2/c1-4-7-10-13-16-19-22-25-28-31-33-35-37-39-40-42-44-45-47-50-52-55-58-61-64-67-70-73-85(90)97-76-82(88)77-99-104(93,94)100-78-83(89)79-101-105(95,96)102-81-84(103-87(92)75-72-69-66-63-60-57-54-49-30-27-24-21-18-15-12-9-6-3)80-98-86(91)74-71-68-65-62-59-56-53-51-48-46-43-41-38-36-34-32-29-26-23-20-17-14-11-8-5-2/h8-9,11-12,16-21,25-30,33-36,39-41,43,48,51,82-84,88-89H,4-7,10,13-15,22-24,31-32,37-38,42,44-47,49-50,52-81H2,1-3H3,(H,93,94)(H,95,96)/b11-8-,12-9-,19-16-,20-17-,21-18-,28-25-,29-26-,30-27-,35-33-,36-34-,40-39-,43-41-,51-48-. The lowest BCUT2D eigenvalue weighted by Crippen LogP contribution is -2.30. The van der Waals surface area contributed by atoms with Gasteiger partial charge in [-0.05, 0) is 148 Å². The van der Waals surface area contributed by atoms with Gasteiger partial charge in [0.15, 0.2) is 6.10 Å². The summed E-state index contributed by atoms with van der Waals surface area (Å²) in [6.07, 6.45) is 98.5. The van der Waals surface area contributed by atoms with Crippen molar-refractivity contribution in [3.63, 3.8) is 0 Å². The molecule has 0 rings (SSSR count). The van der Waals surface area contributed by atoms with Crippen molar-refractivity contribution in [3.05, 3.63) is 158 Å². The number of carbonyl (C=O) groups excluding carboxylic acids is 3. The lowest BCUT2D eigenvalue weighted by molar-refractivity contribution is -0.161. The summed E-state index contributed by atoms with van der Waals surface area (Å²) >= 11 is 0. The van der Waals surface area contributed by atoms with E-state index >= 15 is 0 Å². The Morgan fingerprint density at radius 3 is 0.800 bits per heavy atom. The molecule has 0 aromatic carbocycles. The van der Waals surface area contributed by atoms with E-state index in [9.17, 15) is 43.5 Å². The van der Waals surface area contributed by atoms with Crippen molar-refractivity contribution >= 4 is 33.6 Å². The summed E-state index contributed by atoms with van der Waals surface area (Å²) < 4.78 is 61.2. The van der Waals surface area contributed by atoms with E-state index in [1.807, 2.05) is 0 Å². The number of rotatable bonds is 76. The van der Waals surface area contributed by atoms with Crippen molar-refractivity contribution in [2.45, 2.75) is 334 Å². The van der Waals surface area contributed by atoms with Gasteiger partial charge >= 0.3 is 33.6 Å². The second-order valence-electron chi connectivity index (χ2n) is 26.8. The second kappa shape index (κ2) is 78.7. The largest absolute Gasteiger partial charge is 0.472 e. The number of esters is 3. The van der Waals surface area contributed by atoms with E-state index in [-0.39, 0.29) is 19.3 Å². The molecule has 0 amide bonds. The number of aliphatic hydroxyl groups is 2. The Morgan fingerprint density at radius 1 is 0.276 bits per heavy atom. The maximum atomic E-state index is 13.0. The van der Waals surface area contributed by atoms with E-state index in [0.29, 0.717) is 19.3 Å². The molecule has 0 heterocycles. The van der Waals surface area contributed by atoms with Crippen LogP contribution in [-0.2, 0) is 55.8 Å². The summed E-state index contributed by atoms with van der Waals surface area (Å²) in [5.41, 5.74) is 0. The Hall–Kier alpha value is -4.83. The Labute approximate surface area is 638 Å². The quantitative estimate of drug-likeness (QED) is 0.0146. The predicted octanol–water partition coefficient (Wildman–Crippen LogP) is 24.2. The first-order valence-corrected chi connectivity index (χ1v) is 43.8. The molecule has 0 bridgehead atoms. The molecule has 0 aliphatic heterocycles. The van der Waals surface area contributed by atoms with Gasteiger partial charge in [0.05, 0.1) is 26.4 Å². The summed E-state index contributed by atoms with van der Waals surface area (Å²) in [6, 6.07) is 0. The van der Waals surface area contributed by atoms with Crippen molar-refractivity contribution in [1.82, 2.24) is 0 Å². The van der Waals surface area contributed by atoms with Gasteiger partial charge in [-0.3, -0.25) is 32.5 Å². The van der Waals surface area contributed by atoms with E-state index in [4.69, 9.17) is 32.3 Å². The van der Waals surface area contributed by atoms with Crippen molar-refractivity contribution in [2.75, 3.05) is 39.6 Å². The van der Waals surface area contributed by atoms with Gasteiger partial charge in [0.2, 0.25) is 0 Å². The SMILES string of the molecule is CC/C=C\C/C=C\C/C=C\C/C=C\C/C=C\C/C=C\CCCCCCCCC(=O)OCC(COP(=O)(O)OCC(O)COP(=O)(O)OCC(O)COC(=O)CCCCCCCCCCCCC/C=C\C/C=C\C/C=C\C/C=C\CCCCC)OC(=O)CCCCCCCCC/C=C\C/C=C\C/C=C\CC. The maximum absolute atomic E-state index is 13.0. The molecule has 5 atom stereocenters. The van der Waals surface area contributed by atoms with Crippen LogP contribution in [0.25, 0.3) is 0 Å². The number of carbonyl (C=O) groups is 3. The second-order valence-corrected chi connectivity index (χ2v) is 29.7. The molecule has 0 saturated carbocycles. The van der Waals surface area contributed by atoms with Gasteiger partial charge in [0.25, 0.3) is 0 Å². The molecular weight excluding hydrogens is 1360 g/mol. The molecule has 0 aliphatic rings. The molecule has 0 aliphatic carbocycles. The number of hydrogen-bond acceptors (Lipinski definition) is 14. The summed E-state index contributed by atoms with van der Waals surface area (Å²) in [4.78, 5) is 58.8. The Balaban J connectivity index is 4.63. The molecule has 5 unspecified atom stereocenters. The number of phosphoric ester groups is 2. The summed E-state index contributed by atoms with van der Waals surface area (Å²) in [5, 5.41) is 20.7. The molecule has 0 fully saturated rings. The number of aliphatic hydroxyl groups excluding tert-OH is 2. The highest BCUT2D eigenvalue weighted by molar-refractivity contribution is 7.47. The molecule has 18 heteroatoms. The van der Waals surface area contributed by atoms with Crippen molar-refractivity contribution in [1.29, 1.82) is 0 Å². The fourth-order valence-electron chi connectivity index (χ4n) is 10.6. The Bertz CT molecular complexity index is 2540. The zero-order valence-corrected chi connectivity index (χ0v) is 67.4. The zero-order chi connectivity index (χ0) is 76.6. The van der Waals surface area contributed by atoms with Crippen LogP contribution in [0.5, 0.6) is 0 Å². The number of allylic oxidation sites excluding steroid dienone is 26. The van der Waals surface area contributed by atoms with Crippen molar-refractivity contribution < 1.29 is 75.8 Å². The minimum Gasteiger partial charge on any atom is -0.463 e. The molecular formula is C87H146O16P2. The van der Waals surface area contributed by atoms with E-state index in [0.717, 1.165) is 186 Å². The predicted molar refractivity (Wildman–Crippen MR) is 435 cm³/mol. The number of ether oxygens (including phenoxy) is 3. The fourth-order valence-corrected chi connectivity index (χ4v) is 12.2. The molecule has 600 valence electrons. The van der Waals surface area contributed by atoms with Gasteiger partial charge in [-0.25, -0.2) is 9.13 Å². The normalized spacial score (nSPS) is 14.8. The Morgan fingerprint density at radius 2 is 0.505 bits per heavy atom. The van der Waals surface area contributed by atoms with Crippen LogP contribution in [0.4, 0.5) is 0 Å². The Kier molecular flexibility index (Phi) is 75.1. The first-order chi connectivity index (χ1) is 51.2. The van der Waals surface area contributed by atoms with Crippen LogP contribution in [0.15, 0.2) is 158 Å². The molecule has 0 spiro atoms. The zero-order valence-electron chi connectivity index (χ0n) is 65.6. The first-order valence-electron chi connectivity index (χ1n) is 40.8. The summed E-state index contributed by atoms with van der Waals surface area (Å²) in [5.74, 6) is -1.61. The molecule has 0 radical (unpaired) electrons. The third kappa shape index (κ3) is 80.0. The van der Waals surface area contributed by atoms with E-state index in [1.54, 1.807) is 0 Å². The van der Waals surface area contributed by atoms with Crippen LogP contribution >= 0.6 is 15.6 Å². The highest BCUT2D eigenvalue weighted by Gasteiger charge is 2.29. The molecule has 0 aromatic heterocycles. The maximum Gasteiger partial charge on any atom is 0.472 e. The van der Waals surface area contributed by atoms with Gasteiger partial charge in [-0.2, -0.15) is 0 Å². The third-order valence-electron chi connectivity index (χ3n) is 16.7. The molecule has 4 N–H and O–H groups in total. The van der Waals surface area contributed by atoms with Gasteiger partial charge in [-0.1, -0.05) is 307 Å². The van der Waals surface area contributed by atoms with Gasteiger partial charge in [-0.15, -0.1) is 0 Å². The first kappa shape index (κ1) is 100. The van der Waals surface area contributed by atoms with Crippen LogP contribution in [-0.4, -0.2) is 95.9 Å². The lowest BCUT2D eigenvalue weighted by Gasteiger charge is -2.21. The lowest BCUT2D eigenvalue weighted by atomic mass is 10.0.